The second-order valence-corrected chi connectivity index (χ2v) is 10.5. The Kier molecular flexibility index (Phi) is 7.39. The van der Waals surface area contributed by atoms with E-state index in [1.165, 1.54) is 11.3 Å². The highest BCUT2D eigenvalue weighted by molar-refractivity contribution is 5.97. The molecule has 202 valence electrons. The van der Waals surface area contributed by atoms with E-state index in [2.05, 4.69) is 44.4 Å². The summed E-state index contributed by atoms with van der Waals surface area (Å²) in [6.45, 7) is 5.91. The molecule has 6 heteroatoms. The maximum absolute atomic E-state index is 13.0. The van der Waals surface area contributed by atoms with Gasteiger partial charge in [0.2, 0.25) is 0 Å². The van der Waals surface area contributed by atoms with Crippen LogP contribution in [0.4, 0.5) is 5.69 Å². The number of rotatable bonds is 8. The molecule has 0 aromatic heterocycles. The van der Waals surface area contributed by atoms with Crippen molar-refractivity contribution in [3.05, 3.63) is 130 Å². The standard InChI is InChI=1S/C34H33N3O3/c1-22-23(2)37(3,21-24-11-13-27(14-12-24)29-9-4-5-10-30(29)34(39)40)32-16-15-28(18-31(22)32)33(38)36-20-26-8-6-7-25(17-26)19-35/h4-18H,19-21,35H2,1-3H3,(H-,36,38,39,40)/p+1. The Balaban J connectivity index is 1.36. The summed E-state index contributed by atoms with van der Waals surface area (Å²) in [6, 6.07) is 29.1. The van der Waals surface area contributed by atoms with E-state index >= 15 is 0 Å². The number of benzene rings is 4. The zero-order chi connectivity index (χ0) is 28.4. The number of carboxylic acids is 1. The van der Waals surface area contributed by atoms with Gasteiger partial charge in [-0.1, -0.05) is 66.7 Å². The van der Waals surface area contributed by atoms with Crippen LogP contribution < -0.4 is 15.5 Å². The first-order chi connectivity index (χ1) is 19.2. The number of amides is 1. The van der Waals surface area contributed by atoms with E-state index in [9.17, 15) is 14.7 Å². The number of nitrogens with one attached hydrogen (secondary N) is 1. The molecule has 4 N–H and O–H groups in total. The summed E-state index contributed by atoms with van der Waals surface area (Å²) in [7, 11) is 2.20. The molecule has 0 spiro atoms. The number of quaternary nitrogens is 1. The summed E-state index contributed by atoms with van der Waals surface area (Å²) in [5.41, 5.74) is 16.1. The summed E-state index contributed by atoms with van der Waals surface area (Å²) in [5, 5.41) is 12.6. The Morgan fingerprint density at radius 1 is 0.825 bits per heavy atom. The molecule has 0 bridgehead atoms. The quantitative estimate of drug-likeness (QED) is 0.231. The van der Waals surface area contributed by atoms with Crippen LogP contribution in [0.25, 0.3) is 16.7 Å². The number of carboxylic acid groups (broad SMARTS) is 1. The Hall–Kier alpha value is -4.52. The van der Waals surface area contributed by atoms with Crippen LogP contribution in [-0.4, -0.2) is 24.0 Å². The normalized spacial score (nSPS) is 16.1. The summed E-state index contributed by atoms with van der Waals surface area (Å²) < 4.78 is 0.611. The van der Waals surface area contributed by atoms with Gasteiger partial charge in [-0.05, 0) is 47.4 Å². The Morgan fingerprint density at radius 3 is 2.27 bits per heavy atom. The van der Waals surface area contributed by atoms with Gasteiger partial charge in [0.15, 0.2) is 0 Å². The van der Waals surface area contributed by atoms with Gasteiger partial charge in [0.05, 0.1) is 12.6 Å². The molecule has 1 aliphatic heterocycles. The first-order valence-corrected chi connectivity index (χ1v) is 13.4. The Labute approximate surface area is 235 Å². The fourth-order valence-corrected chi connectivity index (χ4v) is 5.58. The van der Waals surface area contributed by atoms with Crippen LogP contribution in [0.5, 0.6) is 0 Å². The van der Waals surface area contributed by atoms with Gasteiger partial charge in [0.25, 0.3) is 5.91 Å². The molecule has 4 aromatic rings. The molecule has 1 atom stereocenters. The van der Waals surface area contributed by atoms with Crippen LogP contribution in [0.3, 0.4) is 0 Å². The Morgan fingerprint density at radius 2 is 1.55 bits per heavy atom. The predicted octanol–water partition coefficient (Wildman–Crippen LogP) is 6.34. The number of nitrogens with two attached hydrogens (primary N) is 1. The minimum absolute atomic E-state index is 0.107. The summed E-state index contributed by atoms with van der Waals surface area (Å²) in [5.74, 6) is -1.04. The molecule has 1 heterocycles. The maximum atomic E-state index is 13.0. The van der Waals surface area contributed by atoms with Crippen LogP contribution in [0.2, 0.25) is 0 Å². The number of allylic oxidation sites excluding steroid dienone is 2. The lowest BCUT2D eigenvalue weighted by molar-refractivity contribution is 0.0697. The number of hydrogen-bond acceptors (Lipinski definition) is 3. The third-order valence-corrected chi connectivity index (χ3v) is 8.08. The molecule has 0 saturated carbocycles. The molecule has 0 aliphatic carbocycles. The number of fused-ring (bicyclic) bond motifs is 1. The van der Waals surface area contributed by atoms with Gasteiger partial charge in [-0.3, -0.25) is 9.28 Å². The van der Waals surface area contributed by atoms with Gasteiger partial charge in [-0.25, -0.2) is 4.79 Å². The molecular weight excluding hydrogens is 498 g/mol. The van der Waals surface area contributed by atoms with Gasteiger partial charge in [-0.15, -0.1) is 0 Å². The fourth-order valence-electron chi connectivity index (χ4n) is 5.58. The van der Waals surface area contributed by atoms with E-state index in [4.69, 9.17) is 5.73 Å². The van der Waals surface area contributed by atoms with E-state index in [1.54, 1.807) is 12.1 Å². The third-order valence-electron chi connectivity index (χ3n) is 8.08. The lowest BCUT2D eigenvalue weighted by Crippen LogP contribution is -2.40. The number of carbonyl (C=O) groups is 2. The van der Waals surface area contributed by atoms with Crippen molar-refractivity contribution in [3.63, 3.8) is 0 Å². The summed E-state index contributed by atoms with van der Waals surface area (Å²) in [4.78, 5) is 24.7. The molecule has 5 rings (SSSR count). The van der Waals surface area contributed by atoms with Crippen molar-refractivity contribution in [1.82, 2.24) is 9.80 Å². The van der Waals surface area contributed by atoms with Crippen molar-refractivity contribution in [2.75, 3.05) is 7.05 Å². The van der Waals surface area contributed by atoms with Crippen LogP contribution in [0, 0.1) is 0 Å². The van der Waals surface area contributed by atoms with E-state index in [0.29, 0.717) is 34.3 Å². The second kappa shape index (κ2) is 10.9. The SMILES string of the molecule is CC1=C(C)[N+](C)(Cc2ccc(-c3ccccc3C(=O)O)cc2)c2ccc(C(=O)NCc3cccc(CN)c3)cc21. The average molecular weight is 533 g/mol. The molecule has 40 heavy (non-hydrogen) atoms. The average Bonchev–Trinajstić information content (AvgIpc) is 3.16. The van der Waals surface area contributed by atoms with E-state index in [0.717, 1.165) is 40.0 Å². The summed E-state index contributed by atoms with van der Waals surface area (Å²) in [6.07, 6.45) is 0. The van der Waals surface area contributed by atoms with Crippen molar-refractivity contribution in [1.29, 1.82) is 0 Å². The zero-order valence-corrected chi connectivity index (χ0v) is 23.1. The van der Waals surface area contributed by atoms with E-state index in [1.807, 2.05) is 60.7 Å². The monoisotopic (exact) mass is 532 g/mol. The number of aromatic carboxylic acids is 1. The van der Waals surface area contributed by atoms with Crippen molar-refractivity contribution in [3.8, 4) is 11.1 Å². The minimum Gasteiger partial charge on any atom is -0.478 e. The maximum Gasteiger partial charge on any atom is 0.336 e. The van der Waals surface area contributed by atoms with E-state index < -0.39 is 5.97 Å². The molecule has 1 amide bonds. The van der Waals surface area contributed by atoms with Gasteiger partial charge < -0.3 is 16.2 Å². The van der Waals surface area contributed by atoms with Gasteiger partial charge in [0, 0.05) is 48.3 Å². The van der Waals surface area contributed by atoms with Crippen LogP contribution in [-0.2, 0) is 19.6 Å². The van der Waals surface area contributed by atoms with Crippen molar-refractivity contribution in [2.45, 2.75) is 33.5 Å². The third kappa shape index (κ3) is 5.07. The molecule has 0 saturated heterocycles. The van der Waals surface area contributed by atoms with Gasteiger partial charge in [0.1, 0.15) is 17.9 Å². The van der Waals surface area contributed by atoms with Crippen LogP contribution in [0.1, 0.15) is 56.8 Å². The van der Waals surface area contributed by atoms with Crippen molar-refractivity contribution < 1.29 is 14.7 Å². The summed E-state index contributed by atoms with van der Waals surface area (Å²) >= 11 is 0. The molecule has 1 aliphatic rings. The van der Waals surface area contributed by atoms with Crippen molar-refractivity contribution in [2.24, 2.45) is 5.73 Å². The highest BCUT2D eigenvalue weighted by Crippen LogP contribution is 2.45. The van der Waals surface area contributed by atoms with Gasteiger partial charge in [-0.2, -0.15) is 0 Å². The first kappa shape index (κ1) is 27.1. The Bertz CT molecular complexity index is 1640. The second-order valence-electron chi connectivity index (χ2n) is 10.5. The molecular formula is C34H34N3O3+. The smallest absolute Gasteiger partial charge is 0.336 e. The van der Waals surface area contributed by atoms with Gasteiger partial charge >= 0.3 is 5.97 Å². The van der Waals surface area contributed by atoms with Crippen LogP contribution >= 0.6 is 0 Å². The molecule has 0 fully saturated rings. The molecule has 4 aromatic carbocycles. The number of hydrogen-bond donors (Lipinski definition) is 3. The largest absolute Gasteiger partial charge is 0.478 e. The number of carbonyl (C=O) groups excluding carboxylic acids is 1. The number of nitrogens with zero attached hydrogens (tertiary/aromatic N) is 1. The fraction of sp³-hybridized carbons (Fsp3) is 0.176. The molecule has 6 nitrogen and oxygen atoms in total. The predicted molar refractivity (Wildman–Crippen MR) is 160 cm³/mol. The van der Waals surface area contributed by atoms with Crippen LogP contribution in [0.15, 0.2) is 96.7 Å². The van der Waals surface area contributed by atoms with Crippen molar-refractivity contribution >= 4 is 23.1 Å². The highest BCUT2D eigenvalue weighted by atomic mass is 16.4. The molecule has 1 unspecified atom stereocenters. The lowest BCUT2D eigenvalue weighted by Gasteiger charge is -2.31. The minimum atomic E-state index is -0.934. The molecule has 0 radical (unpaired) electrons. The van der Waals surface area contributed by atoms with E-state index in [-0.39, 0.29) is 5.91 Å². The topological polar surface area (TPSA) is 92.4 Å². The highest BCUT2D eigenvalue weighted by Gasteiger charge is 2.39. The zero-order valence-electron chi connectivity index (χ0n) is 23.1. The first-order valence-electron chi connectivity index (χ1n) is 13.4. The lowest BCUT2D eigenvalue weighted by atomic mass is 9.98.